The van der Waals surface area contributed by atoms with Crippen molar-refractivity contribution in [1.29, 1.82) is 0 Å². The van der Waals surface area contributed by atoms with Gasteiger partial charge in [-0.05, 0) is 54.6 Å². The Morgan fingerprint density at radius 2 is 1.85 bits per heavy atom. The average Bonchev–Trinajstić information content (AvgIpc) is 3.31. The summed E-state index contributed by atoms with van der Waals surface area (Å²) in [6, 6.07) is 15.8. The van der Waals surface area contributed by atoms with Crippen LogP contribution >= 0.6 is 11.6 Å². The summed E-state index contributed by atoms with van der Waals surface area (Å²) in [5.74, 6) is 2.01. The van der Waals surface area contributed by atoms with E-state index in [2.05, 4.69) is 10.5 Å². The molecule has 0 unspecified atom stereocenters. The van der Waals surface area contributed by atoms with Gasteiger partial charge in [0, 0.05) is 16.1 Å². The quantitative estimate of drug-likeness (QED) is 0.556. The third-order valence-corrected chi connectivity index (χ3v) is 4.00. The smallest absolute Gasteiger partial charge is 0.271 e. The second kappa shape index (κ2) is 6.93. The fourth-order valence-electron chi connectivity index (χ4n) is 2.45. The molecular formula is C19H13ClN2O4. The highest BCUT2D eigenvalue weighted by Gasteiger charge is 2.15. The lowest BCUT2D eigenvalue weighted by Gasteiger charge is -2.01. The molecule has 3 aromatic rings. The standard InChI is InChI=1S/C19H13ClN2O4/c20-14-4-1-12(2-5-14)16-8-6-15(26-16)10-21-22-19(23)13-3-7-17-18(9-13)25-11-24-17/h1-10H,11H2,(H,22,23)/b21-10-. The number of furan rings is 1. The number of ether oxygens (including phenoxy) is 2. The number of rotatable bonds is 4. The summed E-state index contributed by atoms with van der Waals surface area (Å²) < 4.78 is 16.1. The van der Waals surface area contributed by atoms with E-state index in [9.17, 15) is 4.79 Å². The van der Waals surface area contributed by atoms with Crippen molar-refractivity contribution in [2.45, 2.75) is 0 Å². The highest BCUT2D eigenvalue weighted by atomic mass is 35.5. The molecule has 0 fully saturated rings. The number of benzene rings is 2. The number of carbonyl (C=O) groups is 1. The van der Waals surface area contributed by atoms with Crippen molar-refractivity contribution in [3.05, 3.63) is 70.9 Å². The van der Waals surface area contributed by atoms with Crippen LogP contribution in [0.3, 0.4) is 0 Å². The molecule has 1 amide bonds. The van der Waals surface area contributed by atoms with Crippen LogP contribution in [0.5, 0.6) is 11.5 Å². The van der Waals surface area contributed by atoms with Crippen LogP contribution in [0.4, 0.5) is 0 Å². The molecule has 0 radical (unpaired) electrons. The van der Waals surface area contributed by atoms with Crippen molar-refractivity contribution in [3.63, 3.8) is 0 Å². The summed E-state index contributed by atoms with van der Waals surface area (Å²) in [6.45, 7) is 0.160. The van der Waals surface area contributed by atoms with Crippen molar-refractivity contribution in [3.8, 4) is 22.8 Å². The van der Waals surface area contributed by atoms with Crippen molar-refractivity contribution in [2.75, 3.05) is 6.79 Å². The highest BCUT2D eigenvalue weighted by molar-refractivity contribution is 6.30. The first-order chi connectivity index (χ1) is 12.7. The van der Waals surface area contributed by atoms with Crippen molar-refractivity contribution >= 4 is 23.7 Å². The van der Waals surface area contributed by atoms with Crippen LogP contribution < -0.4 is 14.9 Å². The van der Waals surface area contributed by atoms with Gasteiger partial charge in [-0.15, -0.1) is 0 Å². The van der Waals surface area contributed by atoms with Gasteiger partial charge in [0.25, 0.3) is 5.91 Å². The Labute approximate surface area is 154 Å². The number of fused-ring (bicyclic) bond motifs is 1. The third kappa shape index (κ3) is 3.41. The maximum atomic E-state index is 12.1. The number of halogens is 1. The number of hydrogen-bond donors (Lipinski definition) is 1. The van der Waals surface area contributed by atoms with Crippen molar-refractivity contribution < 1.29 is 18.7 Å². The number of carbonyl (C=O) groups excluding carboxylic acids is 1. The monoisotopic (exact) mass is 368 g/mol. The van der Waals surface area contributed by atoms with Crippen molar-refractivity contribution in [1.82, 2.24) is 5.43 Å². The molecule has 130 valence electrons. The van der Waals surface area contributed by atoms with Crippen LogP contribution in [0, 0.1) is 0 Å². The van der Waals surface area contributed by atoms with Crippen LogP contribution in [-0.2, 0) is 0 Å². The zero-order valence-corrected chi connectivity index (χ0v) is 14.2. The van der Waals surface area contributed by atoms with E-state index in [0.29, 0.717) is 33.6 Å². The fraction of sp³-hybridized carbons (Fsp3) is 0.0526. The van der Waals surface area contributed by atoms with E-state index in [-0.39, 0.29) is 12.7 Å². The number of hydrogen-bond acceptors (Lipinski definition) is 5. The molecule has 0 saturated carbocycles. The van der Waals surface area contributed by atoms with Gasteiger partial charge < -0.3 is 13.9 Å². The van der Waals surface area contributed by atoms with Gasteiger partial charge in [-0.3, -0.25) is 4.79 Å². The maximum absolute atomic E-state index is 12.1. The second-order valence-electron chi connectivity index (χ2n) is 5.48. The lowest BCUT2D eigenvalue weighted by molar-refractivity contribution is 0.0954. The predicted octanol–water partition coefficient (Wildman–Crippen LogP) is 4.09. The molecule has 1 aliphatic heterocycles. The molecule has 2 heterocycles. The van der Waals surface area contributed by atoms with E-state index in [1.807, 2.05) is 18.2 Å². The summed E-state index contributed by atoms with van der Waals surface area (Å²) in [5.41, 5.74) is 3.78. The van der Waals surface area contributed by atoms with Crippen molar-refractivity contribution in [2.24, 2.45) is 5.10 Å². The Hall–Kier alpha value is -3.25. The normalized spacial score (nSPS) is 12.5. The number of hydrazone groups is 1. The summed E-state index contributed by atoms with van der Waals surface area (Å²) >= 11 is 5.88. The number of nitrogens with zero attached hydrogens (tertiary/aromatic N) is 1. The lowest BCUT2D eigenvalue weighted by Crippen LogP contribution is -2.17. The molecule has 1 N–H and O–H groups in total. The van der Waals surface area contributed by atoms with Gasteiger partial charge in [0.1, 0.15) is 11.5 Å². The SMILES string of the molecule is O=C(N/N=C\c1ccc(-c2ccc(Cl)cc2)o1)c1ccc2c(c1)OCO2. The van der Waals surface area contributed by atoms with Crippen LogP contribution in [0.1, 0.15) is 16.1 Å². The van der Waals surface area contributed by atoms with Crippen LogP contribution in [0.25, 0.3) is 11.3 Å². The van der Waals surface area contributed by atoms with E-state index in [1.165, 1.54) is 6.21 Å². The summed E-state index contributed by atoms with van der Waals surface area (Å²) in [5, 5.41) is 4.58. The second-order valence-corrected chi connectivity index (χ2v) is 5.91. The van der Waals surface area contributed by atoms with Gasteiger partial charge in [0.2, 0.25) is 6.79 Å². The lowest BCUT2D eigenvalue weighted by atomic mass is 10.2. The highest BCUT2D eigenvalue weighted by Crippen LogP contribution is 2.32. The molecule has 0 spiro atoms. The van der Waals surface area contributed by atoms with Gasteiger partial charge in [0.15, 0.2) is 11.5 Å². The van der Waals surface area contributed by atoms with Gasteiger partial charge in [-0.25, -0.2) is 5.43 Å². The minimum atomic E-state index is -0.357. The van der Waals surface area contributed by atoms with Crippen LogP contribution in [0.2, 0.25) is 5.02 Å². The van der Waals surface area contributed by atoms with E-state index in [4.69, 9.17) is 25.5 Å². The minimum absolute atomic E-state index is 0.160. The molecule has 1 aromatic heterocycles. The molecule has 7 heteroatoms. The van der Waals surface area contributed by atoms with Gasteiger partial charge in [-0.2, -0.15) is 5.10 Å². The fourth-order valence-corrected chi connectivity index (χ4v) is 2.57. The molecule has 0 saturated heterocycles. The van der Waals surface area contributed by atoms with E-state index < -0.39 is 0 Å². The Balaban J connectivity index is 1.41. The van der Waals surface area contributed by atoms with E-state index in [0.717, 1.165) is 5.56 Å². The average molecular weight is 369 g/mol. The minimum Gasteiger partial charge on any atom is -0.455 e. The maximum Gasteiger partial charge on any atom is 0.271 e. The summed E-state index contributed by atoms with van der Waals surface area (Å²) in [7, 11) is 0. The molecular weight excluding hydrogens is 356 g/mol. The molecule has 4 rings (SSSR count). The first-order valence-electron chi connectivity index (χ1n) is 7.78. The first kappa shape index (κ1) is 16.2. The topological polar surface area (TPSA) is 73.1 Å². The number of nitrogens with one attached hydrogen (secondary N) is 1. The Morgan fingerprint density at radius 3 is 2.69 bits per heavy atom. The number of amides is 1. The molecule has 0 bridgehead atoms. The molecule has 1 aliphatic rings. The molecule has 26 heavy (non-hydrogen) atoms. The van der Waals surface area contributed by atoms with Crippen LogP contribution in [0.15, 0.2) is 64.1 Å². The Morgan fingerprint density at radius 1 is 1.04 bits per heavy atom. The summed E-state index contributed by atoms with van der Waals surface area (Å²) in [6.07, 6.45) is 1.43. The Kier molecular flexibility index (Phi) is 4.33. The largest absolute Gasteiger partial charge is 0.455 e. The molecule has 0 atom stereocenters. The van der Waals surface area contributed by atoms with Gasteiger partial charge >= 0.3 is 0 Å². The zero-order valence-electron chi connectivity index (χ0n) is 13.4. The molecule has 0 aliphatic carbocycles. The predicted molar refractivity (Wildman–Crippen MR) is 96.8 cm³/mol. The van der Waals surface area contributed by atoms with Gasteiger partial charge in [-0.1, -0.05) is 11.6 Å². The zero-order chi connectivity index (χ0) is 17.9. The van der Waals surface area contributed by atoms with E-state index in [1.54, 1.807) is 36.4 Å². The third-order valence-electron chi connectivity index (χ3n) is 3.75. The molecule has 2 aromatic carbocycles. The first-order valence-corrected chi connectivity index (χ1v) is 8.16. The summed E-state index contributed by atoms with van der Waals surface area (Å²) in [4.78, 5) is 12.1. The molecule has 6 nitrogen and oxygen atoms in total. The van der Waals surface area contributed by atoms with E-state index >= 15 is 0 Å². The Bertz CT molecular complexity index is 979. The van der Waals surface area contributed by atoms with Crippen LogP contribution in [-0.4, -0.2) is 18.9 Å². The van der Waals surface area contributed by atoms with Gasteiger partial charge in [0.05, 0.1) is 6.21 Å².